The summed E-state index contributed by atoms with van der Waals surface area (Å²) in [7, 11) is 0. The molecule has 0 aromatic heterocycles. The molecule has 7 atom stereocenters. The molecule has 0 spiro atoms. The number of hydrogen-bond acceptors (Lipinski definition) is 3. The lowest BCUT2D eigenvalue weighted by atomic mass is 9.51. The van der Waals surface area contributed by atoms with E-state index in [1.165, 1.54) is 51.4 Å². The van der Waals surface area contributed by atoms with Gasteiger partial charge in [0.05, 0.1) is 6.10 Å². The molecule has 4 aliphatic rings. The Morgan fingerprint density at radius 3 is 2.47 bits per heavy atom. The summed E-state index contributed by atoms with van der Waals surface area (Å²) in [4.78, 5) is 15.5. The molecule has 4 aliphatic carbocycles. The zero-order chi connectivity index (χ0) is 30.4. The van der Waals surface area contributed by atoms with Gasteiger partial charge in [0.15, 0.2) is 0 Å². The monoisotopic (exact) mass is 597 g/mol. The second-order valence-electron chi connectivity index (χ2n) is 15.2. The number of aromatic hydroxyl groups is 1. The van der Waals surface area contributed by atoms with Crippen LogP contribution in [0, 0.1) is 29.1 Å². The Hall–Kier alpha value is -1.62. The van der Waals surface area contributed by atoms with Crippen LogP contribution in [-0.2, 0) is 11.2 Å². The van der Waals surface area contributed by atoms with Gasteiger partial charge in [-0.1, -0.05) is 84.1 Å². The van der Waals surface area contributed by atoms with Crippen LogP contribution >= 0.6 is 0 Å². The third kappa shape index (κ3) is 7.61. The molecule has 1 aromatic rings. The van der Waals surface area contributed by atoms with Crippen molar-refractivity contribution >= 4 is 5.91 Å². The van der Waals surface area contributed by atoms with Crippen molar-refractivity contribution in [2.24, 2.45) is 29.1 Å². The second-order valence-corrected chi connectivity index (χ2v) is 15.2. The molecule has 0 bridgehead atoms. The first-order valence-electron chi connectivity index (χ1n) is 18.2. The van der Waals surface area contributed by atoms with Crippen LogP contribution in [0.4, 0.5) is 4.39 Å². The summed E-state index contributed by atoms with van der Waals surface area (Å²) >= 11 is 0. The van der Waals surface area contributed by atoms with Gasteiger partial charge in [-0.3, -0.25) is 4.79 Å². The zero-order valence-electron chi connectivity index (χ0n) is 27.3. The number of aliphatic hydroxyl groups is 1. The molecule has 1 amide bonds. The maximum absolute atomic E-state index is 16.1. The van der Waals surface area contributed by atoms with Gasteiger partial charge in [0.25, 0.3) is 0 Å². The quantitative estimate of drug-likeness (QED) is 0.210. The fourth-order valence-electron chi connectivity index (χ4n) is 9.97. The Bertz CT molecular complexity index is 1040. The predicted octanol–water partition coefficient (Wildman–Crippen LogP) is 9.11. The van der Waals surface area contributed by atoms with Gasteiger partial charge >= 0.3 is 0 Å². The van der Waals surface area contributed by atoms with Gasteiger partial charge in [0.2, 0.25) is 5.91 Å². The number of phenolic OH excluding ortho intramolecular Hbond substituents is 1. The molecule has 5 rings (SSSR count). The van der Waals surface area contributed by atoms with E-state index in [0.717, 1.165) is 87.9 Å². The molecule has 3 unspecified atom stereocenters. The number of halogens is 1. The van der Waals surface area contributed by atoms with Crippen LogP contribution in [0.3, 0.4) is 0 Å². The zero-order valence-corrected chi connectivity index (χ0v) is 27.3. The number of carbonyl (C=O) groups is 1. The van der Waals surface area contributed by atoms with E-state index in [1.54, 1.807) is 6.07 Å². The number of amides is 1. The Labute approximate surface area is 261 Å². The van der Waals surface area contributed by atoms with Crippen LogP contribution in [0.15, 0.2) is 18.2 Å². The van der Waals surface area contributed by atoms with Gasteiger partial charge in [-0.05, 0) is 104 Å². The van der Waals surface area contributed by atoms with Crippen molar-refractivity contribution in [3.8, 4) is 5.75 Å². The lowest BCUT2D eigenvalue weighted by Crippen LogP contribution is -2.51. The molecule has 0 radical (unpaired) electrons. The standard InChI is InChI=1S/C38H60FNO3/c1-3-4-5-11-22-40(35(43)21-16-27-13-8-6-9-14-27)23-12-7-10-15-28-24-29-25-30(41)17-18-31(29)37-33(39)26-38(2)32(36(28)37)19-20-34(38)42/h17-18,25,27-28,32-34,36-37,41-42H,3-16,19-24,26H2,1-2H3/t28-,32?,33+,34+,36?,37?,38+/m1/s1. The van der Waals surface area contributed by atoms with Crippen molar-refractivity contribution in [2.45, 2.75) is 154 Å². The number of rotatable bonds is 14. The number of carbonyl (C=O) groups excluding carboxylic acids is 1. The molecule has 43 heavy (non-hydrogen) atoms. The van der Waals surface area contributed by atoms with Crippen molar-refractivity contribution in [1.82, 2.24) is 4.90 Å². The number of benzene rings is 1. The lowest BCUT2D eigenvalue weighted by molar-refractivity contribution is -0.131. The van der Waals surface area contributed by atoms with Crippen molar-refractivity contribution in [2.75, 3.05) is 13.1 Å². The normalized spacial score (nSPS) is 32.2. The summed E-state index contributed by atoms with van der Waals surface area (Å²) in [6.07, 6.45) is 19.2. The van der Waals surface area contributed by atoms with Gasteiger partial charge in [0, 0.05) is 25.4 Å². The Kier molecular flexibility index (Phi) is 11.5. The molecule has 3 fully saturated rings. The SMILES string of the molecule is CCCCCCN(CCCCC[C@@H]1Cc2cc(O)ccc2C2C1C1CC[C@H](O)[C@@]1(C)C[C@@H]2F)C(=O)CCC1CCCCC1. The molecule has 0 aliphatic heterocycles. The predicted molar refractivity (Wildman–Crippen MR) is 173 cm³/mol. The number of aliphatic hydroxyl groups excluding tert-OH is 1. The second kappa shape index (κ2) is 15.1. The lowest BCUT2D eigenvalue weighted by Gasteiger charge is -2.54. The Morgan fingerprint density at radius 1 is 0.977 bits per heavy atom. The van der Waals surface area contributed by atoms with Crippen molar-refractivity contribution in [1.29, 1.82) is 0 Å². The number of nitrogens with zero attached hydrogens (tertiary/aromatic N) is 1. The van der Waals surface area contributed by atoms with E-state index in [4.69, 9.17) is 0 Å². The summed E-state index contributed by atoms with van der Waals surface area (Å²) in [5.41, 5.74) is 1.89. The average molecular weight is 598 g/mol. The first-order valence-corrected chi connectivity index (χ1v) is 18.2. The third-order valence-corrected chi connectivity index (χ3v) is 12.4. The van der Waals surface area contributed by atoms with Crippen molar-refractivity contribution in [3.05, 3.63) is 29.3 Å². The summed E-state index contributed by atoms with van der Waals surface area (Å²) < 4.78 is 16.1. The van der Waals surface area contributed by atoms with Gasteiger partial charge in [-0.15, -0.1) is 0 Å². The highest BCUT2D eigenvalue weighted by molar-refractivity contribution is 5.76. The molecule has 2 N–H and O–H groups in total. The molecule has 4 nitrogen and oxygen atoms in total. The van der Waals surface area contributed by atoms with Crippen molar-refractivity contribution < 1.29 is 19.4 Å². The van der Waals surface area contributed by atoms with Crippen LogP contribution in [0.2, 0.25) is 0 Å². The van der Waals surface area contributed by atoms with E-state index in [1.807, 2.05) is 12.1 Å². The number of hydrogen-bond donors (Lipinski definition) is 2. The van der Waals surface area contributed by atoms with E-state index in [-0.39, 0.29) is 23.0 Å². The smallest absolute Gasteiger partial charge is 0.222 e. The fourth-order valence-corrected chi connectivity index (χ4v) is 9.97. The number of alkyl halides is 1. The molecular weight excluding hydrogens is 537 g/mol. The molecule has 3 saturated carbocycles. The molecule has 5 heteroatoms. The highest BCUT2D eigenvalue weighted by Crippen LogP contribution is 2.63. The van der Waals surface area contributed by atoms with Gasteiger partial charge < -0.3 is 15.1 Å². The van der Waals surface area contributed by atoms with E-state index >= 15 is 4.39 Å². The Morgan fingerprint density at radius 2 is 1.72 bits per heavy atom. The number of phenols is 1. The fraction of sp³-hybridized carbons (Fsp3) is 0.816. The average Bonchev–Trinajstić information content (AvgIpc) is 3.29. The van der Waals surface area contributed by atoms with Gasteiger partial charge in [-0.25, -0.2) is 4.39 Å². The molecular formula is C38H60FNO3. The minimum Gasteiger partial charge on any atom is -0.508 e. The van der Waals surface area contributed by atoms with E-state index < -0.39 is 12.3 Å². The van der Waals surface area contributed by atoms with Gasteiger partial charge in [0.1, 0.15) is 11.9 Å². The van der Waals surface area contributed by atoms with Crippen molar-refractivity contribution in [3.63, 3.8) is 0 Å². The third-order valence-electron chi connectivity index (χ3n) is 12.4. The molecule has 242 valence electrons. The minimum absolute atomic E-state index is 0.127. The maximum Gasteiger partial charge on any atom is 0.222 e. The molecule has 0 saturated heterocycles. The molecule has 0 heterocycles. The summed E-state index contributed by atoms with van der Waals surface area (Å²) in [6, 6.07) is 5.57. The maximum atomic E-state index is 16.1. The van der Waals surface area contributed by atoms with E-state index in [2.05, 4.69) is 18.7 Å². The first-order chi connectivity index (χ1) is 20.8. The number of unbranched alkanes of at least 4 members (excludes halogenated alkanes) is 5. The van der Waals surface area contributed by atoms with E-state index in [9.17, 15) is 15.0 Å². The minimum atomic E-state index is -0.953. The van der Waals surface area contributed by atoms with Crippen LogP contribution in [-0.4, -0.2) is 46.4 Å². The summed E-state index contributed by atoms with van der Waals surface area (Å²) in [6.45, 7) is 6.14. The number of fused-ring (bicyclic) bond motifs is 5. The van der Waals surface area contributed by atoms with Crippen LogP contribution in [0.25, 0.3) is 0 Å². The topological polar surface area (TPSA) is 60.8 Å². The highest BCUT2D eigenvalue weighted by atomic mass is 19.1. The van der Waals surface area contributed by atoms with Gasteiger partial charge in [-0.2, -0.15) is 0 Å². The Balaban J connectivity index is 1.18. The van der Waals surface area contributed by atoms with Crippen LogP contribution in [0.1, 0.15) is 146 Å². The highest BCUT2D eigenvalue weighted by Gasteiger charge is 2.59. The summed E-state index contributed by atoms with van der Waals surface area (Å²) in [5.74, 6) is 2.23. The largest absolute Gasteiger partial charge is 0.508 e. The van der Waals surface area contributed by atoms with Crippen LogP contribution < -0.4 is 0 Å². The summed E-state index contributed by atoms with van der Waals surface area (Å²) in [5, 5.41) is 21.2. The van der Waals surface area contributed by atoms with Crippen LogP contribution in [0.5, 0.6) is 5.75 Å². The molecule has 1 aromatic carbocycles. The van der Waals surface area contributed by atoms with E-state index in [0.29, 0.717) is 30.6 Å². The first kappa shape index (κ1) is 32.8.